The molecule has 0 atom stereocenters. The van der Waals surface area contributed by atoms with Gasteiger partial charge in [0, 0.05) is 40.5 Å². The Morgan fingerprint density at radius 3 is 1.61 bits per heavy atom. The molecule has 67 heavy (non-hydrogen) atoms. The molecule has 5 nitrogen and oxygen atoms in total. The van der Waals surface area contributed by atoms with Crippen molar-refractivity contribution in [2.75, 3.05) is 16.5 Å². The summed E-state index contributed by atoms with van der Waals surface area (Å²) in [6.45, 7) is 35.1. The molecule has 1 aliphatic rings. The molecular weight excluding hydrogens is 817 g/mol. The molecule has 9 rings (SSSR count). The van der Waals surface area contributed by atoms with Gasteiger partial charge in [-0.1, -0.05) is 152 Å². The largest absolute Gasteiger partial charge is 0.457 e. The number of hydrogen-bond acceptors (Lipinski definition) is 4. The minimum absolute atomic E-state index is 0.00290. The molecule has 0 aliphatic carbocycles. The number of aromatic nitrogens is 2. The summed E-state index contributed by atoms with van der Waals surface area (Å²) in [5.74, 6) is 2.47. The van der Waals surface area contributed by atoms with Crippen LogP contribution in [0.4, 0.5) is 22.7 Å². The van der Waals surface area contributed by atoms with Gasteiger partial charge >= 0.3 is 0 Å². The lowest BCUT2D eigenvalue weighted by Crippen LogP contribution is -2.26. The zero-order chi connectivity index (χ0) is 48.0. The Balaban J connectivity index is 1.18. The number of anilines is 4. The molecule has 0 bridgehead atoms. The zero-order valence-corrected chi connectivity index (χ0v) is 42.7. The number of fused-ring (bicyclic) bond motifs is 4. The van der Waals surface area contributed by atoms with E-state index in [0.717, 1.165) is 39.4 Å². The van der Waals surface area contributed by atoms with E-state index in [9.17, 15) is 0 Å². The summed E-state index contributed by atoms with van der Waals surface area (Å²) in [5, 5.41) is 2.33. The highest BCUT2D eigenvalue weighted by Crippen LogP contribution is 2.49. The van der Waals surface area contributed by atoms with Crippen LogP contribution >= 0.6 is 0 Å². The van der Waals surface area contributed by atoms with E-state index in [-0.39, 0.29) is 27.1 Å². The first-order valence-electron chi connectivity index (χ1n) is 24.1. The second-order valence-corrected chi connectivity index (χ2v) is 24.1. The highest BCUT2D eigenvalue weighted by Gasteiger charge is 2.33. The number of benzene rings is 6. The van der Waals surface area contributed by atoms with Crippen molar-refractivity contribution in [3.63, 3.8) is 0 Å². The van der Waals surface area contributed by atoms with E-state index in [4.69, 9.17) is 9.72 Å². The van der Waals surface area contributed by atoms with E-state index in [1.807, 2.05) is 6.20 Å². The Hall–Kier alpha value is -6.33. The molecule has 0 fully saturated rings. The van der Waals surface area contributed by atoms with Crippen LogP contribution in [0.3, 0.4) is 0 Å². The van der Waals surface area contributed by atoms with Crippen LogP contribution in [0.5, 0.6) is 11.5 Å². The summed E-state index contributed by atoms with van der Waals surface area (Å²) in [4.78, 5) is 10.00. The van der Waals surface area contributed by atoms with E-state index >= 15 is 0 Å². The third kappa shape index (κ3) is 8.98. The van der Waals surface area contributed by atoms with Crippen LogP contribution < -0.4 is 14.5 Å². The van der Waals surface area contributed by atoms with Crippen LogP contribution in [0.2, 0.25) is 0 Å². The van der Waals surface area contributed by atoms with Crippen LogP contribution in [0.1, 0.15) is 132 Å². The van der Waals surface area contributed by atoms with Crippen LogP contribution in [0, 0.1) is 0 Å². The predicted octanol–water partition coefficient (Wildman–Crippen LogP) is 17.4. The smallest absolute Gasteiger partial charge is 0.137 e. The summed E-state index contributed by atoms with van der Waals surface area (Å²) in [6, 6.07) is 49.5. The van der Waals surface area contributed by atoms with Crippen LogP contribution in [0.25, 0.3) is 38.8 Å². The van der Waals surface area contributed by atoms with Gasteiger partial charge in [-0.2, -0.15) is 0 Å². The molecule has 0 saturated heterocycles. The van der Waals surface area contributed by atoms with Gasteiger partial charge in [-0.25, -0.2) is 4.98 Å². The second kappa shape index (κ2) is 16.2. The van der Waals surface area contributed by atoms with Crippen molar-refractivity contribution in [2.24, 2.45) is 0 Å². The average molecular weight is 887 g/mol. The first-order valence-corrected chi connectivity index (χ1v) is 24.1. The Kier molecular flexibility index (Phi) is 11.1. The fraction of sp³-hybridized carbons (Fsp3) is 0.339. The van der Waals surface area contributed by atoms with Gasteiger partial charge in [-0.05, 0) is 139 Å². The van der Waals surface area contributed by atoms with E-state index in [2.05, 4.69) is 252 Å². The molecule has 0 radical (unpaired) electrons. The lowest BCUT2D eigenvalue weighted by Gasteiger charge is -2.29. The summed E-state index contributed by atoms with van der Waals surface area (Å²) in [7, 11) is 0. The van der Waals surface area contributed by atoms with Crippen LogP contribution in [-0.4, -0.2) is 16.2 Å². The number of hydrogen-bond donors (Lipinski definition) is 0. The topological polar surface area (TPSA) is 33.5 Å². The Morgan fingerprint density at radius 2 is 0.985 bits per heavy atom. The summed E-state index contributed by atoms with van der Waals surface area (Å²) in [6.07, 6.45) is 1.94. The van der Waals surface area contributed by atoms with Gasteiger partial charge in [0.1, 0.15) is 24.0 Å². The third-order valence-electron chi connectivity index (χ3n) is 13.7. The van der Waals surface area contributed by atoms with Gasteiger partial charge < -0.3 is 14.5 Å². The first kappa shape index (κ1) is 45.8. The molecule has 0 amide bonds. The van der Waals surface area contributed by atoms with Crippen molar-refractivity contribution in [3.8, 4) is 28.4 Å². The van der Waals surface area contributed by atoms with Crippen molar-refractivity contribution >= 4 is 44.6 Å². The van der Waals surface area contributed by atoms with E-state index in [1.165, 1.54) is 61.4 Å². The number of pyridine rings is 1. The van der Waals surface area contributed by atoms with Gasteiger partial charge in [0.05, 0.1) is 22.4 Å². The maximum atomic E-state index is 7.09. The fourth-order valence-electron chi connectivity index (χ4n) is 9.30. The highest BCUT2D eigenvalue weighted by atomic mass is 16.5. The second-order valence-electron chi connectivity index (χ2n) is 24.1. The zero-order valence-electron chi connectivity index (χ0n) is 42.7. The monoisotopic (exact) mass is 887 g/mol. The highest BCUT2D eigenvalue weighted by molar-refractivity contribution is 6.10. The molecule has 6 aromatic carbocycles. The van der Waals surface area contributed by atoms with Gasteiger partial charge in [0.15, 0.2) is 0 Å². The lowest BCUT2D eigenvalue weighted by atomic mass is 9.80. The molecule has 344 valence electrons. The van der Waals surface area contributed by atoms with Gasteiger partial charge in [-0.3, -0.25) is 4.57 Å². The minimum atomic E-state index is -0.136. The van der Waals surface area contributed by atoms with Gasteiger partial charge in [0.2, 0.25) is 0 Å². The average Bonchev–Trinajstić information content (AvgIpc) is 3.80. The molecule has 3 heterocycles. The molecule has 0 saturated carbocycles. The number of ether oxygens (including phenoxy) is 1. The van der Waals surface area contributed by atoms with E-state index in [0.29, 0.717) is 6.67 Å². The number of rotatable bonds is 6. The minimum Gasteiger partial charge on any atom is -0.457 e. The van der Waals surface area contributed by atoms with Crippen molar-refractivity contribution < 1.29 is 4.74 Å². The maximum absolute atomic E-state index is 7.09. The SMILES string of the molecule is CC(C)(C)c1cc(Oc2ccc3c4cc(-c5ccccc5)ccc4n(-c4cc(C(C)(C)C)ccn4)c3c2)cc(N2CN(c3cc(C(C)(C)C)cc(C(C)(C)C)c3)c3ccc(C(C)(C)C)cc32)c1. The summed E-state index contributed by atoms with van der Waals surface area (Å²) in [5.41, 5.74) is 15.5. The van der Waals surface area contributed by atoms with Gasteiger partial charge in [-0.15, -0.1) is 0 Å². The summed E-state index contributed by atoms with van der Waals surface area (Å²) >= 11 is 0. The number of nitrogens with zero attached hydrogens (tertiary/aromatic N) is 4. The quantitative estimate of drug-likeness (QED) is 0.167. The molecule has 1 aliphatic heterocycles. The molecule has 0 unspecified atom stereocenters. The standard InChI is InChI=1S/C62H70N4O/c1-58(2,3)42-22-26-54-56(35-42)65(39-64(54)47-31-44(60(7,8)9)30-45(32-47)61(10,11)12)48-33-46(62(13,14)15)34-50(37-48)67-49-23-24-51-52-29-41(40-19-17-16-18-20-40)21-25-53(52)66(55(51)38-49)57-36-43(27-28-63-57)59(4,5)6/h16-38H,39H2,1-15H3. The third-order valence-corrected chi connectivity index (χ3v) is 13.7. The van der Waals surface area contributed by atoms with E-state index in [1.54, 1.807) is 0 Å². The first-order chi connectivity index (χ1) is 31.3. The molecule has 0 N–H and O–H groups in total. The Morgan fingerprint density at radius 1 is 0.403 bits per heavy atom. The fourth-order valence-corrected chi connectivity index (χ4v) is 9.30. The van der Waals surface area contributed by atoms with Crippen LogP contribution in [-0.2, 0) is 27.1 Å². The van der Waals surface area contributed by atoms with Crippen molar-refractivity contribution in [3.05, 3.63) is 167 Å². The van der Waals surface area contributed by atoms with Crippen molar-refractivity contribution in [2.45, 2.75) is 131 Å². The van der Waals surface area contributed by atoms with Crippen molar-refractivity contribution in [1.29, 1.82) is 0 Å². The van der Waals surface area contributed by atoms with Gasteiger partial charge in [0.25, 0.3) is 0 Å². The lowest BCUT2D eigenvalue weighted by molar-refractivity contribution is 0.479. The summed E-state index contributed by atoms with van der Waals surface area (Å²) < 4.78 is 9.40. The Labute approximate surface area is 400 Å². The van der Waals surface area contributed by atoms with Crippen molar-refractivity contribution in [1.82, 2.24) is 9.55 Å². The normalized spacial score (nSPS) is 13.8. The molecule has 2 aromatic heterocycles. The molecule has 8 aromatic rings. The molecule has 0 spiro atoms. The molecular formula is C62H70N4O. The maximum Gasteiger partial charge on any atom is 0.137 e. The van der Waals surface area contributed by atoms with E-state index < -0.39 is 0 Å². The Bertz CT molecular complexity index is 3120. The molecule has 5 heteroatoms. The van der Waals surface area contributed by atoms with Crippen LogP contribution in [0.15, 0.2) is 140 Å². The predicted molar refractivity (Wildman–Crippen MR) is 286 cm³/mol.